The average Bonchev–Trinajstić information content (AvgIpc) is 2.34. The van der Waals surface area contributed by atoms with Crippen LogP contribution < -0.4 is 4.74 Å². The first-order chi connectivity index (χ1) is 8.59. The number of carbonyl (C=O) groups excluding carboxylic acids is 1. The molecule has 0 amide bonds. The number of carbonyl (C=O) groups is 2. The molecule has 1 unspecified atom stereocenters. The fraction of sp³-hybridized carbons (Fsp3) is 0.333. The number of hydrogen-bond acceptors (Lipinski definition) is 5. The van der Waals surface area contributed by atoms with E-state index in [-0.39, 0.29) is 19.6 Å². The van der Waals surface area contributed by atoms with Crippen LogP contribution in [-0.4, -0.2) is 35.5 Å². The quantitative estimate of drug-likeness (QED) is 0.445. The predicted molar refractivity (Wildman–Crippen MR) is 67.9 cm³/mol. The van der Waals surface area contributed by atoms with Gasteiger partial charge in [-0.15, -0.1) is 0 Å². The molecule has 0 saturated carbocycles. The molecule has 0 fully saturated rings. The van der Waals surface area contributed by atoms with Crippen molar-refractivity contribution < 1.29 is 24.2 Å². The Labute approximate surface area is 110 Å². The molecule has 6 heteroatoms. The summed E-state index contributed by atoms with van der Waals surface area (Å²) >= 11 is 3.84. The zero-order valence-corrected chi connectivity index (χ0v) is 10.5. The van der Waals surface area contributed by atoms with E-state index < -0.39 is 17.2 Å². The lowest BCUT2D eigenvalue weighted by molar-refractivity contribution is -0.147. The molecule has 1 atom stereocenters. The van der Waals surface area contributed by atoms with E-state index in [0.717, 1.165) is 0 Å². The number of ether oxygens (including phenoxy) is 2. The zero-order valence-electron chi connectivity index (χ0n) is 9.61. The van der Waals surface area contributed by atoms with E-state index in [1.807, 2.05) is 18.2 Å². The molecule has 98 valence electrons. The molecule has 0 heterocycles. The van der Waals surface area contributed by atoms with Gasteiger partial charge < -0.3 is 14.6 Å². The van der Waals surface area contributed by atoms with Crippen LogP contribution in [0.2, 0.25) is 0 Å². The first-order valence-corrected chi connectivity index (χ1v) is 5.85. The van der Waals surface area contributed by atoms with E-state index in [1.54, 1.807) is 12.1 Å². The zero-order chi connectivity index (χ0) is 13.4. The monoisotopic (exact) mass is 270 g/mol. The Morgan fingerprint density at radius 3 is 2.50 bits per heavy atom. The molecular weight excluding hydrogens is 256 g/mol. The van der Waals surface area contributed by atoms with Gasteiger partial charge in [-0.2, -0.15) is 12.6 Å². The lowest BCUT2D eigenvalue weighted by Gasteiger charge is -2.09. The van der Waals surface area contributed by atoms with Crippen LogP contribution in [0.25, 0.3) is 0 Å². The average molecular weight is 270 g/mol. The van der Waals surface area contributed by atoms with Crippen LogP contribution in [-0.2, 0) is 14.3 Å². The predicted octanol–water partition coefficient (Wildman–Crippen LogP) is 1.38. The normalized spacial score (nSPS) is 11.6. The van der Waals surface area contributed by atoms with E-state index >= 15 is 0 Å². The SMILES string of the molecule is O=C(O)CC(S)C(=O)OCCOc1ccccc1. The van der Waals surface area contributed by atoms with Gasteiger partial charge in [-0.05, 0) is 12.1 Å². The summed E-state index contributed by atoms with van der Waals surface area (Å²) < 4.78 is 10.1. The van der Waals surface area contributed by atoms with Crippen LogP contribution in [0, 0.1) is 0 Å². The van der Waals surface area contributed by atoms with Crippen molar-refractivity contribution in [2.24, 2.45) is 0 Å². The number of rotatable bonds is 7. The van der Waals surface area contributed by atoms with Crippen LogP contribution in [0.3, 0.4) is 0 Å². The fourth-order valence-corrected chi connectivity index (χ4v) is 1.39. The Morgan fingerprint density at radius 2 is 1.89 bits per heavy atom. The second kappa shape index (κ2) is 7.60. The Morgan fingerprint density at radius 1 is 1.22 bits per heavy atom. The number of benzene rings is 1. The van der Waals surface area contributed by atoms with Gasteiger partial charge >= 0.3 is 11.9 Å². The van der Waals surface area contributed by atoms with Crippen LogP contribution >= 0.6 is 12.6 Å². The smallest absolute Gasteiger partial charge is 0.319 e. The van der Waals surface area contributed by atoms with Gasteiger partial charge in [0.2, 0.25) is 0 Å². The van der Waals surface area contributed by atoms with Crippen molar-refractivity contribution in [3.05, 3.63) is 30.3 Å². The molecule has 1 rings (SSSR count). The molecular formula is C12H14O5S. The Kier molecular flexibility index (Phi) is 6.07. The molecule has 0 spiro atoms. The van der Waals surface area contributed by atoms with Crippen molar-refractivity contribution in [2.45, 2.75) is 11.7 Å². The molecule has 1 aromatic carbocycles. The minimum atomic E-state index is -1.09. The van der Waals surface area contributed by atoms with E-state index in [2.05, 4.69) is 12.6 Å². The second-order valence-electron chi connectivity index (χ2n) is 3.44. The van der Waals surface area contributed by atoms with Crippen molar-refractivity contribution in [3.63, 3.8) is 0 Å². The number of aliphatic carboxylic acids is 1. The summed E-state index contributed by atoms with van der Waals surface area (Å²) in [6.45, 7) is 0.272. The van der Waals surface area contributed by atoms with E-state index in [9.17, 15) is 9.59 Å². The molecule has 0 aromatic heterocycles. The third kappa shape index (κ3) is 5.58. The number of para-hydroxylation sites is 1. The molecule has 1 N–H and O–H groups in total. The Balaban J connectivity index is 2.18. The summed E-state index contributed by atoms with van der Waals surface area (Å²) in [5.74, 6) is -1.06. The highest BCUT2D eigenvalue weighted by Crippen LogP contribution is 2.08. The lowest BCUT2D eigenvalue weighted by atomic mass is 10.3. The molecule has 0 aliphatic rings. The maximum atomic E-state index is 11.3. The number of carboxylic acids is 1. The summed E-state index contributed by atoms with van der Waals surface area (Å²) in [5.41, 5.74) is 0. The largest absolute Gasteiger partial charge is 0.490 e. The number of thiol groups is 1. The standard InChI is InChI=1S/C12H14O5S/c13-11(14)8-10(18)12(15)17-7-6-16-9-4-2-1-3-5-9/h1-5,10,18H,6-8H2,(H,13,14). The molecule has 1 aromatic rings. The molecule has 0 saturated heterocycles. The van der Waals surface area contributed by atoms with Gasteiger partial charge in [0.25, 0.3) is 0 Å². The molecule has 0 bridgehead atoms. The summed E-state index contributed by atoms with van der Waals surface area (Å²) in [6, 6.07) is 9.10. The van der Waals surface area contributed by atoms with Crippen LogP contribution in [0.5, 0.6) is 5.75 Å². The van der Waals surface area contributed by atoms with E-state index in [1.165, 1.54) is 0 Å². The minimum Gasteiger partial charge on any atom is -0.490 e. The lowest BCUT2D eigenvalue weighted by Crippen LogP contribution is -2.23. The highest BCUT2D eigenvalue weighted by Gasteiger charge is 2.18. The van der Waals surface area contributed by atoms with Gasteiger partial charge in [0.05, 0.1) is 6.42 Å². The molecule has 0 radical (unpaired) electrons. The van der Waals surface area contributed by atoms with Crippen molar-refractivity contribution in [2.75, 3.05) is 13.2 Å². The number of esters is 1. The molecule has 18 heavy (non-hydrogen) atoms. The van der Waals surface area contributed by atoms with Gasteiger partial charge in [0.1, 0.15) is 24.2 Å². The van der Waals surface area contributed by atoms with Crippen molar-refractivity contribution >= 4 is 24.6 Å². The highest BCUT2D eigenvalue weighted by atomic mass is 32.1. The third-order valence-electron chi connectivity index (χ3n) is 1.98. The minimum absolute atomic E-state index is 0.0599. The maximum Gasteiger partial charge on any atom is 0.319 e. The first-order valence-electron chi connectivity index (χ1n) is 5.34. The van der Waals surface area contributed by atoms with Gasteiger partial charge in [0.15, 0.2) is 0 Å². The Bertz CT molecular complexity index is 393. The van der Waals surface area contributed by atoms with Crippen LogP contribution in [0.4, 0.5) is 0 Å². The third-order valence-corrected chi connectivity index (χ3v) is 2.37. The summed E-state index contributed by atoms with van der Waals surface area (Å²) in [7, 11) is 0. The maximum absolute atomic E-state index is 11.3. The topological polar surface area (TPSA) is 72.8 Å². The highest BCUT2D eigenvalue weighted by molar-refractivity contribution is 7.81. The summed E-state index contributed by atoms with van der Waals surface area (Å²) in [5, 5.41) is 7.53. The van der Waals surface area contributed by atoms with Crippen molar-refractivity contribution in [1.82, 2.24) is 0 Å². The number of hydrogen-bond donors (Lipinski definition) is 2. The fourth-order valence-electron chi connectivity index (χ4n) is 1.16. The number of carboxylic acid groups (broad SMARTS) is 1. The van der Waals surface area contributed by atoms with Crippen LogP contribution in [0.1, 0.15) is 6.42 Å². The van der Waals surface area contributed by atoms with Gasteiger partial charge in [-0.1, -0.05) is 18.2 Å². The first kappa shape index (κ1) is 14.4. The molecule has 5 nitrogen and oxygen atoms in total. The van der Waals surface area contributed by atoms with Crippen molar-refractivity contribution in [1.29, 1.82) is 0 Å². The van der Waals surface area contributed by atoms with Gasteiger partial charge in [-0.3, -0.25) is 9.59 Å². The van der Waals surface area contributed by atoms with Gasteiger partial charge in [0, 0.05) is 0 Å². The summed E-state index contributed by atoms with van der Waals surface area (Å²) in [4.78, 5) is 21.6. The second-order valence-corrected chi connectivity index (χ2v) is 4.07. The molecule has 0 aliphatic heterocycles. The van der Waals surface area contributed by atoms with Crippen molar-refractivity contribution in [3.8, 4) is 5.75 Å². The summed E-state index contributed by atoms with van der Waals surface area (Å²) in [6.07, 6.45) is -0.360. The Hall–Kier alpha value is -1.69. The van der Waals surface area contributed by atoms with E-state index in [0.29, 0.717) is 5.75 Å². The van der Waals surface area contributed by atoms with Crippen LogP contribution in [0.15, 0.2) is 30.3 Å². The van der Waals surface area contributed by atoms with Gasteiger partial charge in [-0.25, -0.2) is 0 Å². The molecule has 0 aliphatic carbocycles. The van der Waals surface area contributed by atoms with E-state index in [4.69, 9.17) is 14.6 Å².